The van der Waals surface area contributed by atoms with E-state index in [0.29, 0.717) is 0 Å². The van der Waals surface area contributed by atoms with Crippen LogP contribution in [0.4, 0.5) is 0 Å². The van der Waals surface area contributed by atoms with Crippen molar-refractivity contribution in [2.45, 2.75) is 32.6 Å². The van der Waals surface area contributed by atoms with Crippen LogP contribution in [-0.4, -0.2) is 11.1 Å². The highest BCUT2D eigenvalue weighted by Gasteiger charge is 1.96. The van der Waals surface area contributed by atoms with Crippen molar-refractivity contribution in [2.24, 2.45) is 0 Å². The maximum atomic E-state index is 9.60. The first-order valence-electron chi connectivity index (χ1n) is 4.27. The molecule has 1 N–H and O–H groups in total. The Morgan fingerprint density at radius 1 is 1.62 bits per heavy atom. The minimum atomic E-state index is -0.935. The average molecular weight is 294 g/mol. The fourth-order valence-electron chi connectivity index (χ4n) is 0.799. The van der Waals surface area contributed by atoms with E-state index in [2.05, 4.69) is 35.2 Å². The summed E-state index contributed by atoms with van der Waals surface area (Å²) in [5.41, 5.74) is 0.176. The van der Waals surface area contributed by atoms with E-state index in [1.54, 1.807) is 3.58 Å². The molecule has 0 fully saturated rings. The molecule has 0 aliphatic heterocycles. The number of halogens is 1. The van der Waals surface area contributed by atoms with E-state index in [1.807, 2.05) is 0 Å². The lowest BCUT2D eigenvalue weighted by Gasteiger charge is -2.03. The lowest BCUT2D eigenvalue weighted by atomic mass is 10.1. The monoisotopic (exact) mass is 294 g/mol. The van der Waals surface area contributed by atoms with Crippen LogP contribution in [0, 0.1) is 0 Å². The second kappa shape index (κ2) is 7.12. The molecule has 3 heteroatoms. The first kappa shape index (κ1) is 12.7. The molecule has 0 amide bonds. The molecule has 0 aromatic heterocycles. The van der Waals surface area contributed by atoms with Crippen molar-refractivity contribution in [3.63, 3.8) is 0 Å². The van der Waals surface area contributed by atoms with Gasteiger partial charge >= 0.3 is 5.97 Å². The lowest BCUT2D eigenvalue weighted by Crippen LogP contribution is -1.92. The van der Waals surface area contributed by atoms with Gasteiger partial charge in [0.25, 0.3) is 0 Å². The molecule has 0 heterocycles. The molecular weight excluding hydrogens is 279 g/mol. The SMILES string of the molecule is C=C(C)C(=O)O.IC1=CCCCC1. The number of rotatable bonds is 1. The molecule has 74 valence electrons. The van der Waals surface area contributed by atoms with Crippen molar-refractivity contribution < 1.29 is 9.90 Å². The number of carboxylic acid groups (broad SMARTS) is 1. The molecule has 0 aromatic rings. The molecular formula is C10H15IO2. The minimum Gasteiger partial charge on any atom is -0.478 e. The van der Waals surface area contributed by atoms with Crippen LogP contribution in [0.3, 0.4) is 0 Å². The summed E-state index contributed by atoms with van der Waals surface area (Å²) < 4.78 is 1.56. The summed E-state index contributed by atoms with van der Waals surface area (Å²) in [6.07, 6.45) is 7.81. The largest absolute Gasteiger partial charge is 0.478 e. The van der Waals surface area contributed by atoms with Gasteiger partial charge in [0, 0.05) is 5.57 Å². The molecule has 0 bridgehead atoms. The van der Waals surface area contributed by atoms with E-state index >= 15 is 0 Å². The predicted molar refractivity (Wildman–Crippen MR) is 63.0 cm³/mol. The normalized spacial score (nSPS) is 15.1. The van der Waals surface area contributed by atoms with E-state index in [-0.39, 0.29) is 5.57 Å². The molecule has 0 aromatic carbocycles. The molecule has 0 atom stereocenters. The maximum Gasteiger partial charge on any atom is 0.330 e. The van der Waals surface area contributed by atoms with Gasteiger partial charge in [-0.3, -0.25) is 0 Å². The number of aliphatic carboxylic acids is 1. The molecule has 13 heavy (non-hydrogen) atoms. The van der Waals surface area contributed by atoms with Crippen LogP contribution in [0.2, 0.25) is 0 Å². The highest BCUT2D eigenvalue weighted by molar-refractivity contribution is 14.1. The summed E-state index contributed by atoms with van der Waals surface area (Å²) in [7, 11) is 0. The lowest BCUT2D eigenvalue weighted by molar-refractivity contribution is -0.132. The predicted octanol–water partition coefficient (Wildman–Crippen LogP) is 3.53. The van der Waals surface area contributed by atoms with Gasteiger partial charge in [0.1, 0.15) is 0 Å². The zero-order valence-corrected chi connectivity index (χ0v) is 10.0. The van der Waals surface area contributed by atoms with Crippen molar-refractivity contribution in [1.29, 1.82) is 0 Å². The van der Waals surface area contributed by atoms with E-state index in [0.717, 1.165) is 0 Å². The van der Waals surface area contributed by atoms with Gasteiger partial charge in [0.15, 0.2) is 0 Å². The smallest absolute Gasteiger partial charge is 0.330 e. The van der Waals surface area contributed by atoms with Crippen molar-refractivity contribution >= 4 is 28.6 Å². The topological polar surface area (TPSA) is 37.3 Å². The van der Waals surface area contributed by atoms with E-state index in [4.69, 9.17) is 5.11 Å². The van der Waals surface area contributed by atoms with E-state index in [9.17, 15) is 4.79 Å². The van der Waals surface area contributed by atoms with Crippen LogP contribution in [-0.2, 0) is 4.79 Å². The fourth-order valence-corrected chi connectivity index (χ4v) is 1.49. The third-order valence-corrected chi connectivity index (χ3v) is 2.58. The van der Waals surface area contributed by atoms with Crippen molar-refractivity contribution in [3.8, 4) is 0 Å². The molecule has 0 radical (unpaired) electrons. The third-order valence-electron chi connectivity index (χ3n) is 1.60. The Hall–Kier alpha value is -0.320. The van der Waals surface area contributed by atoms with E-state index < -0.39 is 5.97 Å². The van der Waals surface area contributed by atoms with Crippen molar-refractivity contribution in [1.82, 2.24) is 0 Å². The fraction of sp³-hybridized carbons (Fsp3) is 0.500. The van der Waals surface area contributed by atoms with Crippen molar-refractivity contribution in [2.75, 3.05) is 0 Å². The average Bonchev–Trinajstić information content (AvgIpc) is 2.06. The van der Waals surface area contributed by atoms with Gasteiger partial charge in [-0.2, -0.15) is 0 Å². The zero-order chi connectivity index (χ0) is 10.3. The van der Waals surface area contributed by atoms with Crippen LogP contribution in [0.1, 0.15) is 32.6 Å². The van der Waals surface area contributed by atoms with Crippen LogP contribution in [0.25, 0.3) is 0 Å². The number of hydrogen-bond donors (Lipinski definition) is 1. The summed E-state index contributed by atoms with van der Waals surface area (Å²) in [6, 6.07) is 0. The molecule has 0 saturated heterocycles. The summed E-state index contributed by atoms with van der Waals surface area (Å²) in [5.74, 6) is -0.935. The Bertz CT molecular complexity index is 207. The highest BCUT2D eigenvalue weighted by Crippen LogP contribution is 2.21. The Labute approximate surface area is 92.9 Å². The number of allylic oxidation sites excluding steroid dienone is 2. The Morgan fingerprint density at radius 2 is 2.15 bits per heavy atom. The Kier molecular flexibility index (Phi) is 6.94. The summed E-state index contributed by atoms with van der Waals surface area (Å²) in [4.78, 5) is 9.60. The Morgan fingerprint density at radius 3 is 2.31 bits per heavy atom. The summed E-state index contributed by atoms with van der Waals surface area (Å²) in [5, 5.41) is 7.89. The Balaban J connectivity index is 0.000000226. The zero-order valence-electron chi connectivity index (χ0n) is 7.85. The van der Waals surface area contributed by atoms with Crippen LogP contribution in [0.15, 0.2) is 21.8 Å². The third kappa shape index (κ3) is 8.02. The van der Waals surface area contributed by atoms with Gasteiger partial charge in [-0.25, -0.2) is 4.79 Å². The highest BCUT2D eigenvalue weighted by atomic mass is 127. The van der Waals surface area contributed by atoms with Crippen LogP contribution < -0.4 is 0 Å². The van der Waals surface area contributed by atoms with Crippen LogP contribution >= 0.6 is 22.6 Å². The molecule has 0 saturated carbocycles. The number of carbonyl (C=O) groups is 1. The van der Waals surface area contributed by atoms with Gasteiger partial charge < -0.3 is 5.11 Å². The van der Waals surface area contributed by atoms with Gasteiger partial charge in [0.05, 0.1) is 0 Å². The minimum absolute atomic E-state index is 0.176. The first-order chi connectivity index (χ1) is 6.04. The second-order valence-corrected chi connectivity index (χ2v) is 4.37. The van der Waals surface area contributed by atoms with Gasteiger partial charge in [-0.05, 0) is 58.8 Å². The van der Waals surface area contributed by atoms with E-state index in [1.165, 1.54) is 32.6 Å². The first-order valence-corrected chi connectivity index (χ1v) is 5.35. The van der Waals surface area contributed by atoms with Gasteiger partial charge in [-0.1, -0.05) is 12.7 Å². The van der Waals surface area contributed by atoms with Crippen molar-refractivity contribution in [3.05, 3.63) is 21.8 Å². The molecule has 0 spiro atoms. The number of carboxylic acids is 1. The summed E-state index contributed by atoms with van der Waals surface area (Å²) >= 11 is 2.42. The summed E-state index contributed by atoms with van der Waals surface area (Å²) in [6.45, 7) is 4.60. The molecule has 1 aliphatic carbocycles. The number of hydrogen-bond acceptors (Lipinski definition) is 1. The molecule has 1 aliphatic rings. The van der Waals surface area contributed by atoms with Gasteiger partial charge in [-0.15, -0.1) is 0 Å². The molecule has 1 rings (SSSR count). The van der Waals surface area contributed by atoms with Crippen LogP contribution in [0.5, 0.6) is 0 Å². The van der Waals surface area contributed by atoms with Gasteiger partial charge in [0.2, 0.25) is 0 Å². The maximum absolute atomic E-state index is 9.60. The quantitative estimate of drug-likeness (QED) is 0.593. The second-order valence-electron chi connectivity index (χ2n) is 2.98. The molecule has 0 unspecified atom stereocenters. The standard InChI is InChI=1S/C6H9I.C4H6O2/c7-6-4-2-1-3-5-6;1-3(2)4(5)6/h4H,1-3,5H2;1H2,2H3,(H,5,6). The molecule has 2 nitrogen and oxygen atoms in total.